The quantitative estimate of drug-likeness (QED) is 0.423. The van der Waals surface area contributed by atoms with Gasteiger partial charge in [0.05, 0.1) is 11.0 Å². The maximum atomic E-state index is 12.8. The van der Waals surface area contributed by atoms with Gasteiger partial charge in [-0.25, -0.2) is 4.98 Å². The molecule has 144 valence electrons. The number of fused-ring (bicyclic) bond motifs is 1. The van der Waals surface area contributed by atoms with Gasteiger partial charge in [-0.3, -0.25) is 4.79 Å². The summed E-state index contributed by atoms with van der Waals surface area (Å²) >= 11 is 3.46. The van der Waals surface area contributed by atoms with Crippen molar-refractivity contribution in [1.82, 2.24) is 9.55 Å². The zero-order valence-electron chi connectivity index (χ0n) is 15.8. The Morgan fingerprint density at radius 2 is 1.66 bits per heavy atom. The van der Waals surface area contributed by atoms with Crippen LogP contribution in [-0.4, -0.2) is 22.0 Å². The molecule has 1 amide bonds. The van der Waals surface area contributed by atoms with E-state index < -0.39 is 0 Å². The molecule has 0 bridgehead atoms. The molecule has 4 aromatic rings. The van der Waals surface area contributed by atoms with E-state index in [0.29, 0.717) is 13.0 Å². The number of hydrogen-bond acceptors (Lipinski definition) is 2. The number of benzene rings is 3. The Labute approximate surface area is 177 Å². The number of carbonyl (C=O) groups is 1. The van der Waals surface area contributed by atoms with Crippen molar-refractivity contribution in [3.05, 3.63) is 94.7 Å². The number of rotatable bonds is 4. The van der Waals surface area contributed by atoms with Crippen molar-refractivity contribution in [2.75, 3.05) is 11.4 Å². The van der Waals surface area contributed by atoms with Crippen LogP contribution in [0.1, 0.15) is 23.7 Å². The molecule has 1 saturated heterocycles. The normalized spacial score (nSPS) is 16.7. The Hall–Kier alpha value is -2.92. The van der Waals surface area contributed by atoms with Gasteiger partial charge >= 0.3 is 0 Å². The van der Waals surface area contributed by atoms with Gasteiger partial charge in [0.25, 0.3) is 0 Å². The van der Waals surface area contributed by atoms with E-state index in [1.54, 1.807) is 0 Å². The predicted octanol–water partition coefficient (Wildman–Crippen LogP) is 5.37. The Kier molecular flexibility index (Phi) is 4.68. The van der Waals surface area contributed by atoms with Crippen molar-refractivity contribution in [1.29, 1.82) is 0 Å². The summed E-state index contributed by atoms with van der Waals surface area (Å²) in [5, 5.41) is 0. The fourth-order valence-electron chi connectivity index (χ4n) is 4.09. The topological polar surface area (TPSA) is 38.1 Å². The summed E-state index contributed by atoms with van der Waals surface area (Å²) in [5.74, 6) is 1.21. The Morgan fingerprint density at radius 3 is 2.45 bits per heavy atom. The van der Waals surface area contributed by atoms with Crippen LogP contribution in [0.4, 0.5) is 5.69 Å². The molecule has 0 spiro atoms. The molecular weight excluding hydrogens is 426 g/mol. The van der Waals surface area contributed by atoms with Gasteiger partial charge in [0, 0.05) is 35.6 Å². The van der Waals surface area contributed by atoms with Crippen molar-refractivity contribution < 1.29 is 4.79 Å². The molecule has 3 aromatic carbocycles. The molecule has 1 fully saturated rings. The van der Waals surface area contributed by atoms with Crippen LogP contribution in [0.2, 0.25) is 0 Å². The first-order valence-electron chi connectivity index (χ1n) is 9.74. The molecule has 0 saturated carbocycles. The molecule has 1 aliphatic heterocycles. The number of hydrogen-bond donors (Lipinski definition) is 0. The first kappa shape index (κ1) is 18.1. The second-order valence-corrected chi connectivity index (χ2v) is 8.33. The summed E-state index contributed by atoms with van der Waals surface area (Å²) in [7, 11) is 0. The lowest BCUT2D eigenvalue weighted by molar-refractivity contribution is -0.117. The first-order valence-corrected chi connectivity index (χ1v) is 10.5. The van der Waals surface area contributed by atoms with Crippen LogP contribution >= 0.6 is 15.9 Å². The number of nitrogens with zero attached hydrogens (tertiary/aromatic N) is 3. The third-order valence-electron chi connectivity index (χ3n) is 5.50. The highest BCUT2D eigenvalue weighted by atomic mass is 79.9. The molecule has 1 aliphatic rings. The Bertz CT molecular complexity index is 1170. The third kappa shape index (κ3) is 3.47. The summed E-state index contributed by atoms with van der Waals surface area (Å²) in [4.78, 5) is 19.6. The van der Waals surface area contributed by atoms with Gasteiger partial charge < -0.3 is 9.47 Å². The summed E-state index contributed by atoms with van der Waals surface area (Å²) in [6.45, 7) is 1.40. The molecule has 1 atom stereocenters. The number of para-hydroxylation sites is 2. The van der Waals surface area contributed by atoms with Crippen molar-refractivity contribution in [3.63, 3.8) is 0 Å². The third-order valence-corrected chi connectivity index (χ3v) is 6.02. The van der Waals surface area contributed by atoms with E-state index in [0.717, 1.165) is 33.6 Å². The second-order valence-electron chi connectivity index (χ2n) is 7.41. The number of imidazole rings is 1. The highest BCUT2D eigenvalue weighted by Crippen LogP contribution is 2.34. The van der Waals surface area contributed by atoms with E-state index in [1.165, 1.54) is 5.56 Å². The lowest BCUT2D eigenvalue weighted by Crippen LogP contribution is -2.24. The molecule has 1 unspecified atom stereocenters. The minimum atomic E-state index is 0.0715. The largest absolute Gasteiger partial charge is 0.323 e. The Morgan fingerprint density at radius 1 is 0.931 bits per heavy atom. The zero-order valence-corrected chi connectivity index (χ0v) is 17.4. The van der Waals surface area contributed by atoms with Crippen molar-refractivity contribution >= 4 is 38.6 Å². The summed E-state index contributed by atoms with van der Waals surface area (Å²) < 4.78 is 3.28. The van der Waals surface area contributed by atoms with Gasteiger partial charge in [-0.15, -0.1) is 0 Å². The smallest absolute Gasteiger partial charge is 0.227 e. The highest BCUT2D eigenvalue weighted by molar-refractivity contribution is 9.10. The van der Waals surface area contributed by atoms with Crippen LogP contribution in [0.5, 0.6) is 0 Å². The number of carbonyl (C=O) groups excluding carboxylic acids is 1. The molecule has 2 heterocycles. The summed E-state index contributed by atoms with van der Waals surface area (Å²) in [6.07, 6.45) is 0.480. The molecule has 29 heavy (non-hydrogen) atoms. The summed E-state index contributed by atoms with van der Waals surface area (Å²) in [6, 6.07) is 26.5. The predicted molar refractivity (Wildman–Crippen MR) is 119 cm³/mol. The van der Waals surface area contributed by atoms with Gasteiger partial charge in [-0.2, -0.15) is 0 Å². The van der Waals surface area contributed by atoms with Crippen LogP contribution in [-0.2, 0) is 11.3 Å². The average Bonchev–Trinajstić information content (AvgIpc) is 3.30. The molecular formula is C24H20BrN3O. The number of aromatic nitrogens is 2. The summed E-state index contributed by atoms with van der Waals surface area (Å²) in [5.41, 5.74) is 4.26. The maximum Gasteiger partial charge on any atom is 0.227 e. The molecule has 5 rings (SSSR count). The lowest BCUT2D eigenvalue weighted by Gasteiger charge is -2.17. The van der Waals surface area contributed by atoms with Gasteiger partial charge in [0.1, 0.15) is 5.82 Å². The van der Waals surface area contributed by atoms with E-state index in [4.69, 9.17) is 4.98 Å². The maximum absolute atomic E-state index is 12.8. The minimum absolute atomic E-state index is 0.0715. The van der Waals surface area contributed by atoms with Crippen LogP contribution in [0.3, 0.4) is 0 Å². The molecule has 0 N–H and O–H groups in total. The van der Waals surface area contributed by atoms with Crippen LogP contribution < -0.4 is 4.90 Å². The van der Waals surface area contributed by atoms with E-state index in [9.17, 15) is 4.79 Å². The van der Waals surface area contributed by atoms with Crippen molar-refractivity contribution in [2.24, 2.45) is 0 Å². The molecule has 4 nitrogen and oxygen atoms in total. The fourth-order valence-corrected chi connectivity index (χ4v) is 4.35. The van der Waals surface area contributed by atoms with E-state index in [2.05, 4.69) is 50.8 Å². The van der Waals surface area contributed by atoms with Crippen LogP contribution in [0, 0.1) is 0 Å². The SMILES string of the molecule is O=C1CC(c2nc3ccccc3n2Cc2ccccc2)CN1c1ccc(Br)cc1. The second kappa shape index (κ2) is 7.48. The molecule has 0 aliphatic carbocycles. The van der Waals surface area contributed by atoms with Gasteiger partial charge in [-0.1, -0.05) is 58.4 Å². The average molecular weight is 446 g/mol. The lowest BCUT2D eigenvalue weighted by atomic mass is 10.1. The zero-order chi connectivity index (χ0) is 19.8. The van der Waals surface area contributed by atoms with E-state index >= 15 is 0 Å². The van der Waals surface area contributed by atoms with Crippen molar-refractivity contribution in [2.45, 2.75) is 18.9 Å². The highest BCUT2D eigenvalue weighted by Gasteiger charge is 2.34. The number of halogens is 1. The fraction of sp³-hybridized carbons (Fsp3) is 0.167. The monoisotopic (exact) mass is 445 g/mol. The van der Waals surface area contributed by atoms with Crippen LogP contribution in [0.15, 0.2) is 83.3 Å². The van der Waals surface area contributed by atoms with Gasteiger partial charge in [-0.05, 0) is 42.0 Å². The number of anilines is 1. The van der Waals surface area contributed by atoms with E-state index in [1.807, 2.05) is 53.4 Å². The van der Waals surface area contributed by atoms with Crippen LogP contribution in [0.25, 0.3) is 11.0 Å². The van der Waals surface area contributed by atoms with Crippen molar-refractivity contribution in [3.8, 4) is 0 Å². The van der Waals surface area contributed by atoms with Gasteiger partial charge in [0.15, 0.2) is 0 Å². The standard InChI is InChI=1S/C24H20BrN3O/c25-19-10-12-20(13-11-19)27-16-18(14-23(27)29)24-26-21-8-4-5-9-22(21)28(24)15-17-6-2-1-3-7-17/h1-13,18H,14-16H2. The minimum Gasteiger partial charge on any atom is -0.323 e. The molecule has 5 heteroatoms. The first-order chi connectivity index (χ1) is 14.2. The van der Waals surface area contributed by atoms with Gasteiger partial charge in [0.2, 0.25) is 5.91 Å². The molecule has 1 aromatic heterocycles. The van der Waals surface area contributed by atoms with E-state index in [-0.39, 0.29) is 11.8 Å². The Balaban J connectivity index is 1.52. The molecule has 0 radical (unpaired) electrons. The number of amides is 1.